The summed E-state index contributed by atoms with van der Waals surface area (Å²) in [4.78, 5) is 152. The van der Waals surface area contributed by atoms with Crippen molar-refractivity contribution in [3.63, 3.8) is 0 Å². The van der Waals surface area contributed by atoms with Crippen molar-refractivity contribution in [2.24, 2.45) is 27.2 Å². The van der Waals surface area contributed by atoms with Gasteiger partial charge in [-0.3, -0.25) is 57.9 Å². The third kappa shape index (κ3) is 17.7. The van der Waals surface area contributed by atoms with Crippen LogP contribution in [0.1, 0.15) is 82.3 Å². The lowest BCUT2D eigenvalue weighted by Crippen LogP contribution is -2.61. The number of benzene rings is 2. The number of para-hydroxylation sites is 1. The Kier molecular flexibility index (Phi) is 22.0. The van der Waals surface area contributed by atoms with Gasteiger partial charge in [0.15, 0.2) is 5.96 Å². The van der Waals surface area contributed by atoms with Crippen molar-refractivity contribution in [3.8, 4) is 0 Å². The average molecular weight is 1090 g/mol. The summed E-state index contributed by atoms with van der Waals surface area (Å²) in [6.45, 7) is 0.452. The number of aromatic amines is 1. The molecule has 3 aromatic rings. The molecule has 2 fully saturated rings. The molecule has 424 valence electrons. The van der Waals surface area contributed by atoms with Gasteiger partial charge < -0.3 is 74.7 Å². The summed E-state index contributed by atoms with van der Waals surface area (Å²) in [7, 11) is 0. The summed E-state index contributed by atoms with van der Waals surface area (Å²) in [5.41, 5.74) is 19.0. The second-order valence-corrected chi connectivity index (χ2v) is 19.6. The van der Waals surface area contributed by atoms with Gasteiger partial charge in [0.25, 0.3) is 0 Å². The van der Waals surface area contributed by atoms with Crippen molar-refractivity contribution in [1.29, 1.82) is 0 Å². The van der Waals surface area contributed by atoms with Gasteiger partial charge in [-0.05, 0) is 62.1 Å². The van der Waals surface area contributed by atoms with E-state index in [1.54, 1.807) is 67.0 Å². The quantitative estimate of drug-likeness (QED) is 0.0396. The molecule has 3 aliphatic heterocycles. The van der Waals surface area contributed by atoms with E-state index in [0.717, 1.165) is 4.90 Å². The Labute approximate surface area is 455 Å². The minimum absolute atomic E-state index is 0.00329. The molecule has 4 heterocycles. The summed E-state index contributed by atoms with van der Waals surface area (Å²) < 4.78 is 0. The number of rotatable bonds is 16. The molecule has 0 unspecified atom stereocenters. The van der Waals surface area contributed by atoms with Crippen molar-refractivity contribution in [2.45, 2.75) is 132 Å². The van der Waals surface area contributed by atoms with Gasteiger partial charge in [-0.1, -0.05) is 54.6 Å². The van der Waals surface area contributed by atoms with Crippen LogP contribution in [0, 0.1) is 0 Å². The molecule has 16 N–H and O–H groups in total. The number of H-pyrrole nitrogens is 1. The van der Waals surface area contributed by atoms with Gasteiger partial charge in [0.05, 0.1) is 13.0 Å². The normalized spacial score (nSPS) is 23.4. The van der Waals surface area contributed by atoms with Crippen LogP contribution in [0.15, 0.2) is 82.6 Å². The van der Waals surface area contributed by atoms with E-state index in [-0.39, 0.29) is 83.4 Å². The highest BCUT2D eigenvalue weighted by atomic mass is 16.3. The van der Waals surface area contributed by atoms with E-state index in [2.05, 4.69) is 57.5 Å². The third-order valence-electron chi connectivity index (χ3n) is 13.6. The number of aliphatic hydroxyl groups excluding tert-OH is 1. The van der Waals surface area contributed by atoms with E-state index in [1.165, 1.54) is 6.92 Å². The van der Waals surface area contributed by atoms with Crippen molar-refractivity contribution in [1.82, 2.24) is 52.4 Å². The monoisotopic (exact) mass is 1090 g/mol. The highest BCUT2D eigenvalue weighted by Gasteiger charge is 2.41. The number of nitrogens with two attached hydrogens (primary N) is 3. The maximum atomic E-state index is 14.9. The predicted octanol–water partition coefficient (Wildman–Crippen LogP) is -2.67. The largest absolute Gasteiger partial charge is 0.394 e. The number of allylic oxidation sites excluding steroid dienone is 1. The number of nitrogens with one attached hydrogen (secondary N) is 9. The van der Waals surface area contributed by atoms with Crippen molar-refractivity contribution >= 4 is 82.1 Å². The van der Waals surface area contributed by atoms with Crippen LogP contribution in [0.4, 0.5) is 0 Å². The van der Waals surface area contributed by atoms with E-state index in [9.17, 15) is 53.1 Å². The van der Waals surface area contributed by atoms with Gasteiger partial charge >= 0.3 is 0 Å². The topological polar surface area (TPSA) is 409 Å². The molecule has 10 amide bonds. The fraction of sp³-hybridized carbons (Fsp3) is 0.472. The molecule has 1 aromatic heterocycles. The summed E-state index contributed by atoms with van der Waals surface area (Å²) in [6.07, 6.45) is 5.56. The number of aromatic nitrogens is 1. The van der Waals surface area contributed by atoms with Crippen LogP contribution in [-0.4, -0.2) is 161 Å². The number of carbonyl (C=O) groups excluding carboxylic acids is 10. The molecule has 0 aliphatic carbocycles. The smallest absolute Gasteiger partial charge is 0.246 e. The van der Waals surface area contributed by atoms with Gasteiger partial charge in [-0.2, -0.15) is 0 Å². The number of likely N-dealkylation sites (tertiary alicyclic amines) is 1. The van der Waals surface area contributed by atoms with Crippen LogP contribution in [0.5, 0.6) is 0 Å². The van der Waals surface area contributed by atoms with Crippen molar-refractivity contribution in [2.75, 3.05) is 26.2 Å². The molecule has 0 bridgehead atoms. The molecule has 8 atom stereocenters. The number of amides is 10. The minimum atomic E-state index is -1.65. The first kappa shape index (κ1) is 59.6. The van der Waals surface area contributed by atoms with Crippen LogP contribution in [0.2, 0.25) is 0 Å². The molecule has 26 heteroatoms. The lowest BCUT2D eigenvalue weighted by atomic mass is 10.0. The Hall–Kier alpha value is -8.68. The van der Waals surface area contributed by atoms with Crippen LogP contribution in [0.3, 0.4) is 0 Å². The van der Waals surface area contributed by atoms with E-state index < -0.39 is 120 Å². The Bertz CT molecular complexity index is 2800. The summed E-state index contributed by atoms with van der Waals surface area (Å²) in [5.74, 6) is -8.24. The Morgan fingerprint density at radius 2 is 1.44 bits per heavy atom. The molecule has 2 saturated heterocycles. The second-order valence-electron chi connectivity index (χ2n) is 19.6. The number of guanidine groups is 1. The van der Waals surface area contributed by atoms with Gasteiger partial charge in [-0.25, -0.2) is 0 Å². The number of aliphatic imine (C=N–C) groups is 2. The SMILES string of the molecule is CC(=O)N[C@H]1CCCCNC(=O)C[C@@H](C(=O)N2CCC[C@H]2C(=O)N[C@@H](CO)C(N)=O)NC(=O)[C@H](Cc2c[nH]c3ccccc23)NC(=O)[C@H](CCCN=C(N)N)NC(=O)[C@@H](Cc2ccccc2)NC(=O)[C@H](CC2=CCC=N2)NC1=O. The summed E-state index contributed by atoms with van der Waals surface area (Å²) in [6, 6.07) is 4.84. The van der Waals surface area contributed by atoms with Gasteiger partial charge in [0.1, 0.15) is 48.3 Å². The number of fused-ring (bicyclic) bond motifs is 1. The molecular formula is C53H71N15O11. The molecule has 0 radical (unpaired) electrons. The highest BCUT2D eigenvalue weighted by Crippen LogP contribution is 2.22. The number of hydrogen-bond donors (Lipinski definition) is 13. The molecular weight excluding hydrogens is 1020 g/mol. The van der Waals surface area contributed by atoms with E-state index in [0.29, 0.717) is 40.6 Å². The Balaban J connectivity index is 1.40. The van der Waals surface area contributed by atoms with E-state index in [1.807, 2.05) is 6.07 Å². The van der Waals surface area contributed by atoms with Gasteiger partial charge in [0.2, 0.25) is 59.1 Å². The van der Waals surface area contributed by atoms with Crippen LogP contribution in [0.25, 0.3) is 10.9 Å². The van der Waals surface area contributed by atoms with Gasteiger partial charge in [-0.15, -0.1) is 0 Å². The second kappa shape index (κ2) is 29.2. The lowest BCUT2D eigenvalue weighted by molar-refractivity contribution is -0.143. The number of primary amides is 1. The Morgan fingerprint density at radius 1 is 0.785 bits per heavy atom. The molecule has 3 aliphatic rings. The first-order chi connectivity index (χ1) is 37.9. The number of nitrogens with zero attached hydrogens (tertiary/aromatic N) is 3. The third-order valence-corrected chi connectivity index (χ3v) is 13.6. The number of carbonyl (C=O) groups is 10. The molecule has 6 rings (SSSR count). The minimum Gasteiger partial charge on any atom is -0.394 e. The highest BCUT2D eigenvalue weighted by molar-refractivity contribution is 6.00. The number of hydrogen-bond acceptors (Lipinski definition) is 13. The van der Waals surface area contributed by atoms with Crippen LogP contribution in [-0.2, 0) is 60.8 Å². The number of aliphatic hydroxyl groups is 1. The molecule has 26 nitrogen and oxygen atoms in total. The zero-order valence-electron chi connectivity index (χ0n) is 44.0. The lowest BCUT2D eigenvalue weighted by Gasteiger charge is -2.30. The van der Waals surface area contributed by atoms with E-state index in [4.69, 9.17) is 17.2 Å². The zero-order valence-corrected chi connectivity index (χ0v) is 44.0. The van der Waals surface area contributed by atoms with E-state index >= 15 is 0 Å². The van der Waals surface area contributed by atoms with Crippen molar-refractivity contribution in [3.05, 3.63) is 83.7 Å². The maximum Gasteiger partial charge on any atom is 0.246 e. The average Bonchev–Trinajstić information content (AvgIpc) is 4.24. The van der Waals surface area contributed by atoms with Crippen LogP contribution >= 0.6 is 0 Å². The molecule has 0 saturated carbocycles. The fourth-order valence-corrected chi connectivity index (χ4v) is 9.54. The predicted molar refractivity (Wildman–Crippen MR) is 290 cm³/mol. The zero-order chi connectivity index (χ0) is 57.0. The van der Waals surface area contributed by atoms with Crippen molar-refractivity contribution < 1.29 is 53.1 Å². The molecule has 0 spiro atoms. The fourth-order valence-electron chi connectivity index (χ4n) is 9.54. The first-order valence-electron chi connectivity index (χ1n) is 26.3. The molecule has 2 aromatic carbocycles. The summed E-state index contributed by atoms with van der Waals surface area (Å²) >= 11 is 0. The summed E-state index contributed by atoms with van der Waals surface area (Å²) in [5, 5.41) is 31.9. The first-order valence-corrected chi connectivity index (χ1v) is 26.3. The van der Waals surface area contributed by atoms with Gasteiger partial charge in [0, 0.05) is 81.3 Å². The maximum absolute atomic E-state index is 14.9. The standard InChI is InChI=1S/C53H71N15O11/c1-30(70)61-36-17-7-8-20-58-44(71)27-41(52(79)68-23-11-19-43(68)51(78)67-42(29-69)45(54)72)66-49(76)39(25-32-28-60-35-16-6-5-15-34(32)35)64-47(74)37(18-10-22-59-53(55)56)62-48(75)38(24-31-12-3-2-4-13-31)63-50(77)40(65-46(36)73)26-33-14-9-21-57-33/h2-6,12-16,21,28,36-43,60,69H,7-11,17-20,22-27,29H2,1H3,(H2,54,72)(H,58,71)(H,61,70)(H,62,75)(H,63,77)(H,64,74)(H,65,73)(H,66,76)(H,67,78)(H4,55,56,59)/t36-,37-,38+,39-,40-,41-,42-,43-/m0/s1. The Morgan fingerprint density at radius 3 is 2.13 bits per heavy atom. The molecule has 79 heavy (non-hydrogen) atoms. The van der Waals surface area contributed by atoms with Crippen LogP contribution < -0.4 is 59.7 Å².